The van der Waals surface area contributed by atoms with Crippen LogP contribution in [0, 0.1) is 0 Å². The summed E-state index contributed by atoms with van der Waals surface area (Å²) in [5, 5.41) is 0. The van der Waals surface area contributed by atoms with E-state index in [9.17, 15) is 19.2 Å². The van der Waals surface area contributed by atoms with E-state index in [-0.39, 0.29) is 0 Å². The molecule has 13 heteroatoms. The summed E-state index contributed by atoms with van der Waals surface area (Å²) >= 11 is 6.28. The van der Waals surface area contributed by atoms with Crippen LogP contribution >= 0.6 is 63.7 Å². The molecule has 0 aromatic rings. The van der Waals surface area contributed by atoms with Gasteiger partial charge in [0.1, 0.15) is 0 Å². The topological polar surface area (TPSA) is 105 Å². The summed E-state index contributed by atoms with van der Waals surface area (Å²) in [5.41, 5.74) is 0. The van der Waals surface area contributed by atoms with E-state index < -0.39 is 63.2 Å². The molecule has 0 unspecified atom stereocenters. The summed E-state index contributed by atoms with van der Waals surface area (Å²) in [6, 6.07) is 0. The first kappa shape index (κ1) is 17.9. The Kier molecular flexibility index (Phi) is 5.05. The number of halogens is 4. The van der Waals surface area contributed by atoms with Crippen LogP contribution in [0.4, 0.5) is 0 Å². The summed E-state index contributed by atoms with van der Waals surface area (Å²) < 4.78 is 16.6. The second kappa shape index (κ2) is 5.91. The molecule has 0 aromatic heterocycles. The van der Waals surface area contributed by atoms with E-state index in [2.05, 4.69) is 63.7 Å². The van der Waals surface area contributed by atoms with Crippen LogP contribution in [0.15, 0.2) is 0 Å². The van der Waals surface area contributed by atoms with E-state index in [1.807, 2.05) is 0 Å². The number of alkyl halides is 4. The van der Waals surface area contributed by atoms with Gasteiger partial charge in [0.25, 0.3) is 0 Å². The first-order valence-corrected chi connectivity index (χ1v) is 13.0. The van der Waals surface area contributed by atoms with E-state index >= 15 is 0 Å². The minimum absolute atomic E-state index is 0.437. The van der Waals surface area contributed by atoms with Gasteiger partial charge in [0.15, 0.2) is 0 Å². The third-order valence-corrected chi connectivity index (χ3v) is 9.87. The zero-order valence-electron chi connectivity index (χ0n) is 9.69. The van der Waals surface area contributed by atoms with Gasteiger partial charge in [-0.05, 0) is 0 Å². The Balaban J connectivity index is 2.40. The van der Waals surface area contributed by atoms with Gasteiger partial charge in [-0.3, -0.25) is 0 Å². The Morgan fingerprint density at radius 1 is 0.714 bits per heavy atom. The third-order valence-electron chi connectivity index (χ3n) is 2.24. The number of hydrogen-bond donors (Lipinski definition) is 0. The van der Waals surface area contributed by atoms with Crippen LogP contribution in [-0.2, 0) is 31.5 Å². The van der Waals surface area contributed by atoms with E-state index in [1.54, 1.807) is 0 Å². The van der Waals surface area contributed by atoms with Gasteiger partial charge in [0.05, 0.1) is 0 Å². The van der Waals surface area contributed by atoms with Gasteiger partial charge < -0.3 is 0 Å². The SMILES string of the molecule is O=C1CC(Br)(Br)C(=O)[O][Sn]2([O]1)[O]C(=O)CC(Br)(Br)C(=O)[O]2. The molecule has 116 valence electrons. The first-order chi connectivity index (χ1) is 9.46. The van der Waals surface area contributed by atoms with Crippen molar-refractivity contribution in [2.24, 2.45) is 0 Å². The summed E-state index contributed by atoms with van der Waals surface area (Å²) in [5.74, 6) is -3.80. The molecule has 2 aliphatic heterocycles. The predicted molar refractivity (Wildman–Crippen MR) is 80.5 cm³/mol. The fourth-order valence-corrected chi connectivity index (χ4v) is 9.31. The standard InChI is InChI=1S/2C4H4Br2O4.Sn/c2*5-4(6,3(9)10)1-2(7)8;/h2*1H2,(H,7,8)(H,9,10);/q;;+4/p-4. The molecule has 21 heavy (non-hydrogen) atoms. The summed E-state index contributed by atoms with van der Waals surface area (Å²) in [6.07, 6.45) is -0.874. The van der Waals surface area contributed by atoms with Crippen LogP contribution in [0.1, 0.15) is 12.8 Å². The average molecular weight is 666 g/mol. The molecule has 0 aliphatic carbocycles. The molecule has 1 spiro atoms. The molecular weight excluding hydrogens is 662 g/mol. The Morgan fingerprint density at radius 3 is 1.38 bits per heavy atom. The Morgan fingerprint density at radius 2 is 1.05 bits per heavy atom. The summed E-state index contributed by atoms with van der Waals surface area (Å²) in [7, 11) is 0. The molecule has 0 aromatic carbocycles. The van der Waals surface area contributed by atoms with E-state index in [0.29, 0.717) is 0 Å². The fourth-order valence-electron chi connectivity index (χ4n) is 1.36. The molecule has 8 nitrogen and oxygen atoms in total. The zero-order valence-corrected chi connectivity index (χ0v) is 18.9. The van der Waals surface area contributed by atoms with Gasteiger partial charge in [-0.1, -0.05) is 0 Å². The van der Waals surface area contributed by atoms with Crippen molar-refractivity contribution in [2.45, 2.75) is 19.3 Å². The van der Waals surface area contributed by atoms with Crippen LogP contribution < -0.4 is 0 Å². The maximum atomic E-state index is 11.9. The quantitative estimate of drug-likeness (QED) is 0.282. The first-order valence-electron chi connectivity index (χ1n) is 5.12. The van der Waals surface area contributed by atoms with Crippen molar-refractivity contribution in [3.05, 3.63) is 0 Å². The second-order valence-electron chi connectivity index (χ2n) is 3.99. The Hall–Kier alpha value is 0.599. The molecule has 0 amide bonds. The van der Waals surface area contributed by atoms with Gasteiger partial charge in [-0.25, -0.2) is 0 Å². The zero-order chi connectivity index (χ0) is 16.1. The van der Waals surface area contributed by atoms with Gasteiger partial charge in [0.2, 0.25) is 0 Å². The Bertz CT molecular complexity index is 498. The van der Waals surface area contributed by atoms with Crippen LogP contribution in [0.2, 0.25) is 0 Å². The number of hydrogen-bond acceptors (Lipinski definition) is 8. The normalized spacial score (nSPS) is 26.9. The molecule has 2 heterocycles. The van der Waals surface area contributed by atoms with E-state index in [0.717, 1.165) is 0 Å². The molecule has 0 radical (unpaired) electrons. The number of carbonyl (C=O) groups excluding carboxylic acids is 4. The molecule has 0 saturated carbocycles. The van der Waals surface area contributed by atoms with Crippen molar-refractivity contribution in [2.75, 3.05) is 0 Å². The average Bonchev–Trinajstić information content (AvgIpc) is 2.36. The van der Waals surface area contributed by atoms with Gasteiger partial charge in [-0.2, -0.15) is 0 Å². The van der Waals surface area contributed by atoms with Crippen LogP contribution in [0.3, 0.4) is 0 Å². The molecule has 2 rings (SSSR count). The molecule has 0 atom stereocenters. The Labute approximate surface area is 157 Å². The second-order valence-corrected chi connectivity index (χ2v) is 16.7. The fraction of sp³-hybridized carbons (Fsp3) is 0.500. The number of carbonyl (C=O) groups is 4. The third kappa shape index (κ3) is 3.93. The van der Waals surface area contributed by atoms with Crippen molar-refractivity contribution < 1.29 is 31.5 Å². The monoisotopic (exact) mass is 664 g/mol. The van der Waals surface area contributed by atoms with Gasteiger partial charge >= 0.3 is 158 Å². The van der Waals surface area contributed by atoms with E-state index in [4.69, 9.17) is 12.3 Å². The van der Waals surface area contributed by atoms with Crippen LogP contribution in [0.5, 0.6) is 0 Å². The van der Waals surface area contributed by atoms with Crippen LogP contribution in [-0.4, -0.2) is 50.4 Å². The predicted octanol–water partition coefficient (Wildman–Crippen LogP) is 1.37. The van der Waals surface area contributed by atoms with Crippen molar-refractivity contribution in [3.63, 3.8) is 0 Å². The molecule has 2 saturated heterocycles. The summed E-state index contributed by atoms with van der Waals surface area (Å²) in [4.78, 5) is 47.4. The van der Waals surface area contributed by atoms with Gasteiger partial charge in [0, 0.05) is 0 Å². The number of rotatable bonds is 0. The molecular formula is C8H4Br4O8Sn. The van der Waals surface area contributed by atoms with Gasteiger partial charge in [-0.15, -0.1) is 0 Å². The van der Waals surface area contributed by atoms with Crippen molar-refractivity contribution >= 4 is 108 Å². The van der Waals surface area contributed by atoms with Crippen molar-refractivity contribution in [1.29, 1.82) is 0 Å². The van der Waals surface area contributed by atoms with Crippen molar-refractivity contribution in [3.8, 4) is 0 Å². The molecule has 2 fully saturated rings. The molecule has 0 bridgehead atoms. The maximum absolute atomic E-state index is 11.9. The molecule has 0 N–H and O–H groups in total. The van der Waals surface area contributed by atoms with E-state index in [1.165, 1.54) is 0 Å². The molecule has 2 aliphatic rings. The van der Waals surface area contributed by atoms with Crippen molar-refractivity contribution in [1.82, 2.24) is 0 Å². The summed E-state index contributed by atoms with van der Waals surface area (Å²) in [6.45, 7) is 0. The minimum atomic E-state index is -5.50. The van der Waals surface area contributed by atoms with Crippen LogP contribution in [0.25, 0.3) is 0 Å².